The van der Waals surface area contributed by atoms with E-state index < -0.39 is 12.0 Å². The Morgan fingerprint density at radius 1 is 1.07 bits per heavy atom. The van der Waals surface area contributed by atoms with E-state index in [-0.39, 0.29) is 6.04 Å². The highest BCUT2D eigenvalue weighted by atomic mass is 16.5. The third kappa shape index (κ3) is 4.46. The van der Waals surface area contributed by atoms with Gasteiger partial charge in [0, 0.05) is 18.9 Å². The molecule has 2 aromatic carbocycles. The maximum atomic E-state index is 11.8. The monoisotopic (exact) mass is 388 g/mol. The molecule has 1 aromatic heterocycles. The van der Waals surface area contributed by atoms with Gasteiger partial charge in [0.1, 0.15) is 18.4 Å². The molecule has 5 nitrogen and oxygen atoms in total. The molecule has 0 aliphatic carbocycles. The first kappa shape index (κ1) is 19.2. The molecule has 3 aromatic rings. The lowest BCUT2D eigenvalue weighted by atomic mass is 9.97. The smallest absolute Gasteiger partial charge is 0.320 e. The highest BCUT2D eigenvalue weighted by Gasteiger charge is 2.36. The van der Waals surface area contributed by atoms with Crippen LogP contribution in [0.5, 0.6) is 5.75 Å². The molecule has 4 rings (SSSR count). The third-order valence-electron chi connectivity index (χ3n) is 5.36. The van der Waals surface area contributed by atoms with Gasteiger partial charge < -0.3 is 9.84 Å². The zero-order valence-corrected chi connectivity index (χ0v) is 16.1. The van der Waals surface area contributed by atoms with E-state index >= 15 is 0 Å². The van der Waals surface area contributed by atoms with Gasteiger partial charge in [-0.25, -0.2) is 0 Å². The fourth-order valence-corrected chi connectivity index (χ4v) is 3.96. The van der Waals surface area contributed by atoms with Crippen molar-refractivity contribution < 1.29 is 14.6 Å². The number of hydrogen-bond donors (Lipinski definition) is 1. The van der Waals surface area contributed by atoms with E-state index in [1.54, 1.807) is 6.20 Å². The van der Waals surface area contributed by atoms with E-state index in [0.29, 0.717) is 13.0 Å². The molecule has 1 fully saturated rings. The van der Waals surface area contributed by atoms with E-state index in [2.05, 4.69) is 9.88 Å². The molecule has 1 aliphatic heterocycles. The van der Waals surface area contributed by atoms with Gasteiger partial charge in [-0.1, -0.05) is 48.5 Å². The lowest BCUT2D eigenvalue weighted by Crippen LogP contribution is -2.39. The number of carboxylic acids is 1. The molecule has 29 heavy (non-hydrogen) atoms. The quantitative estimate of drug-likeness (QED) is 0.654. The average molecular weight is 388 g/mol. The van der Waals surface area contributed by atoms with Gasteiger partial charge in [0.25, 0.3) is 0 Å². The van der Waals surface area contributed by atoms with Crippen LogP contribution in [-0.2, 0) is 11.4 Å². The first-order valence-electron chi connectivity index (χ1n) is 9.87. The second kappa shape index (κ2) is 8.88. The summed E-state index contributed by atoms with van der Waals surface area (Å²) in [6.07, 6.45) is 5.11. The van der Waals surface area contributed by atoms with Crippen molar-refractivity contribution in [1.29, 1.82) is 0 Å². The summed E-state index contributed by atoms with van der Waals surface area (Å²) in [5.41, 5.74) is 3.16. The third-order valence-corrected chi connectivity index (χ3v) is 5.36. The molecule has 0 amide bonds. The summed E-state index contributed by atoms with van der Waals surface area (Å²) >= 11 is 0. The van der Waals surface area contributed by atoms with E-state index in [1.165, 1.54) is 0 Å². The van der Waals surface area contributed by atoms with Crippen LogP contribution in [0.4, 0.5) is 0 Å². The lowest BCUT2D eigenvalue weighted by Gasteiger charge is -2.31. The fraction of sp³-hybridized carbons (Fsp3) is 0.250. The Morgan fingerprint density at radius 3 is 2.55 bits per heavy atom. The van der Waals surface area contributed by atoms with Crippen LogP contribution in [0.15, 0.2) is 79.1 Å². The molecule has 0 bridgehead atoms. The second-order valence-corrected chi connectivity index (χ2v) is 7.27. The minimum Gasteiger partial charge on any atom is -0.489 e. The Morgan fingerprint density at radius 2 is 1.86 bits per heavy atom. The van der Waals surface area contributed by atoms with Crippen LogP contribution in [0.1, 0.15) is 35.6 Å². The Kier molecular flexibility index (Phi) is 5.86. The van der Waals surface area contributed by atoms with Crippen LogP contribution in [0.2, 0.25) is 0 Å². The summed E-state index contributed by atoms with van der Waals surface area (Å²) in [5, 5.41) is 9.67. The van der Waals surface area contributed by atoms with Crippen molar-refractivity contribution in [3.63, 3.8) is 0 Å². The molecule has 0 radical (unpaired) electrons. The van der Waals surface area contributed by atoms with Gasteiger partial charge >= 0.3 is 5.97 Å². The number of likely N-dealkylation sites (tertiary alicyclic amines) is 1. The summed E-state index contributed by atoms with van der Waals surface area (Å²) < 4.78 is 5.90. The minimum absolute atomic E-state index is 0.143. The van der Waals surface area contributed by atoms with Crippen molar-refractivity contribution in [1.82, 2.24) is 9.88 Å². The summed E-state index contributed by atoms with van der Waals surface area (Å²) in [6, 6.07) is 21.3. The number of ether oxygens (including phenoxy) is 1. The Labute approximate surface area is 170 Å². The molecule has 1 saturated heterocycles. The highest BCUT2D eigenvalue weighted by molar-refractivity contribution is 5.74. The molecular weight excluding hydrogens is 364 g/mol. The predicted octanol–water partition coefficient (Wildman–Crippen LogP) is 4.30. The van der Waals surface area contributed by atoms with E-state index in [4.69, 9.17) is 4.74 Å². The highest BCUT2D eigenvalue weighted by Crippen LogP contribution is 2.35. The SMILES string of the molecule is O=C(O)C1CCCN1C(c1ccc(OCc2ccccc2)cc1)c1cccnc1. The zero-order valence-electron chi connectivity index (χ0n) is 16.1. The van der Waals surface area contributed by atoms with Gasteiger partial charge in [0.2, 0.25) is 0 Å². The Bertz CT molecular complexity index is 929. The largest absolute Gasteiger partial charge is 0.489 e. The molecule has 0 spiro atoms. The van der Waals surface area contributed by atoms with Crippen molar-refractivity contribution in [2.75, 3.05) is 6.54 Å². The predicted molar refractivity (Wildman–Crippen MR) is 111 cm³/mol. The van der Waals surface area contributed by atoms with Crippen LogP contribution >= 0.6 is 0 Å². The second-order valence-electron chi connectivity index (χ2n) is 7.27. The summed E-state index contributed by atoms with van der Waals surface area (Å²) in [4.78, 5) is 18.1. The van der Waals surface area contributed by atoms with Gasteiger partial charge in [0.15, 0.2) is 0 Å². The van der Waals surface area contributed by atoms with Gasteiger partial charge in [-0.15, -0.1) is 0 Å². The summed E-state index contributed by atoms with van der Waals surface area (Å²) in [7, 11) is 0. The number of aromatic nitrogens is 1. The van der Waals surface area contributed by atoms with Crippen molar-refractivity contribution in [3.8, 4) is 5.75 Å². The number of nitrogens with zero attached hydrogens (tertiary/aromatic N) is 2. The Hall–Kier alpha value is -3.18. The zero-order chi connectivity index (χ0) is 20.1. The maximum absolute atomic E-state index is 11.8. The molecule has 2 unspecified atom stereocenters. The van der Waals surface area contributed by atoms with Gasteiger partial charge in [-0.2, -0.15) is 0 Å². The molecule has 148 valence electrons. The summed E-state index contributed by atoms with van der Waals surface area (Å²) in [6.45, 7) is 1.27. The van der Waals surface area contributed by atoms with Gasteiger partial charge in [-0.3, -0.25) is 14.7 Å². The normalized spacial score (nSPS) is 17.7. The van der Waals surface area contributed by atoms with Crippen molar-refractivity contribution in [2.24, 2.45) is 0 Å². The topological polar surface area (TPSA) is 62.7 Å². The molecule has 2 atom stereocenters. The van der Waals surface area contributed by atoms with E-state index in [1.807, 2.05) is 72.9 Å². The summed E-state index contributed by atoms with van der Waals surface area (Å²) in [5.74, 6) is 0.0259. The number of hydrogen-bond acceptors (Lipinski definition) is 4. The number of aliphatic carboxylic acids is 1. The average Bonchev–Trinajstić information content (AvgIpc) is 3.25. The van der Waals surface area contributed by atoms with Crippen molar-refractivity contribution in [3.05, 3.63) is 95.8 Å². The van der Waals surface area contributed by atoms with Gasteiger partial charge in [-0.05, 0) is 47.7 Å². The number of carboxylic acid groups (broad SMARTS) is 1. The van der Waals surface area contributed by atoms with Crippen LogP contribution in [0.3, 0.4) is 0 Å². The molecule has 2 heterocycles. The molecule has 1 aliphatic rings. The van der Waals surface area contributed by atoms with Crippen LogP contribution in [-0.4, -0.2) is 33.5 Å². The molecule has 1 N–H and O–H groups in total. The Balaban J connectivity index is 1.57. The maximum Gasteiger partial charge on any atom is 0.320 e. The van der Waals surface area contributed by atoms with Crippen LogP contribution < -0.4 is 4.74 Å². The van der Waals surface area contributed by atoms with Crippen LogP contribution in [0.25, 0.3) is 0 Å². The van der Waals surface area contributed by atoms with E-state index in [0.717, 1.165) is 35.4 Å². The number of pyridine rings is 1. The standard InChI is InChI=1S/C24H24N2O3/c27-24(28)22-9-5-15-26(22)23(20-8-4-14-25-16-20)19-10-12-21(13-11-19)29-17-18-6-2-1-3-7-18/h1-4,6-8,10-14,16,22-23H,5,9,15,17H2,(H,27,28). The molecular formula is C24H24N2O3. The minimum atomic E-state index is -0.765. The molecule has 0 saturated carbocycles. The van der Waals surface area contributed by atoms with Gasteiger partial charge in [0.05, 0.1) is 6.04 Å². The van der Waals surface area contributed by atoms with Crippen molar-refractivity contribution in [2.45, 2.75) is 31.5 Å². The van der Waals surface area contributed by atoms with Crippen molar-refractivity contribution >= 4 is 5.97 Å². The first-order valence-corrected chi connectivity index (χ1v) is 9.87. The molecule has 5 heteroatoms. The van der Waals surface area contributed by atoms with E-state index in [9.17, 15) is 9.90 Å². The fourth-order valence-electron chi connectivity index (χ4n) is 3.96. The first-order chi connectivity index (χ1) is 14.2. The number of rotatable bonds is 7. The number of benzene rings is 2. The lowest BCUT2D eigenvalue weighted by molar-refractivity contribution is -0.142. The number of carbonyl (C=O) groups is 1. The van der Waals surface area contributed by atoms with Crippen LogP contribution in [0, 0.1) is 0 Å².